The van der Waals surface area contributed by atoms with Gasteiger partial charge in [0.1, 0.15) is 0 Å². The van der Waals surface area contributed by atoms with Gasteiger partial charge in [0.05, 0.1) is 11.4 Å². The van der Waals surface area contributed by atoms with Crippen LogP contribution < -0.4 is 10.5 Å². The predicted octanol–water partition coefficient (Wildman–Crippen LogP) is 3.96. The van der Waals surface area contributed by atoms with E-state index >= 15 is 0 Å². The number of ketones is 2. The highest BCUT2D eigenvalue weighted by atomic mass is 16.5. The van der Waals surface area contributed by atoms with E-state index in [1.165, 1.54) is 32.9 Å². The molecule has 7 nitrogen and oxygen atoms in total. The van der Waals surface area contributed by atoms with Gasteiger partial charge in [-0.2, -0.15) is 5.06 Å². The molecule has 0 saturated heterocycles. The summed E-state index contributed by atoms with van der Waals surface area (Å²) in [7, 11) is 0. The molecule has 140 valence electrons. The molecule has 2 rings (SSSR count). The van der Waals surface area contributed by atoms with Crippen LogP contribution in [0, 0.1) is 0 Å². The van der Waals surface area contributed by atoms with Gasteiger partial charge in [-0.25, -0.2) is 0 Å². The van der Waals surface area contributed by atoms with Gasteiger partial charge in [-0.3, -0.25) is 30.3 Å². The first-order valence-corrected chi connectivity index (χ1v) is 7.38. The molecule has 7 heteroatoms. The standard InChI is InChI=1S/C10H11NO3.C8H9NO2.CH4/c1-7(12)9-3-5-10(6-4-9)11(14)8(2)13;1-6(10)7-2-4-8(9-11)5-3-7;/h3-6,14H,1-2H3;2-5,9,11H,1H3;1H4. The molecular formula is C19H24N2O5. The molecule has 0 atom stereocenters. The second-order valence-corrected chi connectivity index (χ2v) is 5.18. The quantitative estimate of drug-likeness (QED) is 0.433. The largest absolute Gasteiger partial charge is 0.295 e. The van der Waals surface area contributed by atoms with Crippen LogP contribution >= 0.6 is 0 Å². The molecule has 0 fully saturated rings. The molecular weight excluding hydrogens is 336 g/mol. The topological polar surface area (TPSA) is 107 Å². The van der Waals surface area contributed by atoms with Crippen molar-refractivity contribution in [3.8, 4) is 0 Å². The molecule has 0 heterocycles. The molecule has 26 heavy (non-hydrogen) atoms. The van der Waals surface area contributed by atoms with Crippen molar-refractivity contribution in [1.29, 1.82) is 0 Å². The van der Waals surface area contributed by atoms with E-state index in [1.54, 1.807) is 36.4 Å². The number of hydrogen-bond donors (Lipinski definition) is 3. The fraction of sp³-hybridized carbons (Fsp3) is 0.211. The van der Waals surface area contributed by atoms with Gasteiger partial charge in [0, 0.05) is 18.1 Å². The number of hydroxylamine groups is 1. The summed E-state index contributed by atoms with van der Waals surface area (Å²) in [5, 5.41) is 18.2. The Morgan fingerprint density at radius 1 is 0.808 bits per heavy atom. The molecule has 0 spiro atoms. The summed E-state index contributed by atoms with van der Waals surface area (Å²) in [4.78, 5) is 32.5. The molecule has 0 aliphatic carbocycles. The van der Waals surface area contributed by atoms with Gasteiger partial charge >= 0.3 is 0 Å². The lowest BCUT2D eigenvalue weighted by Crippen LogP contribution is -2.23. The molecule has 0 aliphatic rings. The van der Waals surface area contributed by atoms with E-state index in [9.17, 15) is 19.6 Å². The Labute approximate surface area is 152 Å². The number of hydrogen-bond acceptors (Lipinski definition) is 6. The average molecular weight is 360 g/mol. The molecule has 0 bridgehead atoms. The average Bonchev–Trinajstić information content (AvgIpc) is 2.61. The number of anilines is 2. The van der Waals surface area contributed by atoms with Crippen molar-refractivity contribution >= 4 is 28.8 Å². The zero-order valence-corrected chi connectivity index (χ0v) is 14.2. The van der Waals surface area contributed by atoms with Crippen LogP contribution in [0.4, 0.5) is 11.4 Å². The van der Waals surface area contributed by atoms with Crippen molar-refractivity contribution < 1.29 is 24.8 Å². The van der Waals surface area contributed by atoms with Crippen LogP contribution in [0.15, 0.2) is 48.5 Å². The molecule has 0 aromatic heterocycles. The number of benzene rings is 2. The van der Waals surface area contributed by atoms with E-state index in [4.69, 9.17) is 5.21 Å². The Morgan fingerprint density at radius 2 is 1.19 bits per heavy atom. The monoisotopic (exact) mass is 360 g/mol. The van der Waals surface area contributed by atoms with Crippen LogP contribution in [0.5, 0.6) is 0 Å². The SMILES string of the molecule is C.CC(=O)c1ccc(N(O)C(C)=O)cc1.CC(=O)c1ccc(NO)cc1. The number of Topliss-reactive ketones (excluding diaryl/α,β-unsaturated/α-hetero) is 2. The van der Waals surface area contributed by atoms with E-state index in [0.29, 0.717) is 27.6 Å². The van der Waals surface area contributed by atoms with Gasteiger partial charge < -0.3 is 0 Å². The number of nitrogens with zero attached hydrogens (tertiary/aromatic N) is 1. The lowest BCUT2D eigenvalue weighted by Gasteiger charge is -2.12. The molecule has 1 amide bonds. The van der Waals surface area contributed by atoms with Crippen molar-refractivity contribution in [2.24, 2.45) is 0 Å². The summed E-state index contributed by atoms with van der Waals surface area (Å²) in [6.07, 6.45) is 0. The number of amides is 1. The Balaban J connectivity index is 0.000000475. The summed E-state index contributed by atoms with van der Waals surface area (Å²) in [5.74, 6) is -0.501. The third-order valence-corrected chi connectivity index (χ3v) is 3.24. The van der Waals surface area contributed by atoms with Gasteiger partial charge in [0.15, 0.2) is 11.6 Å². The summed E-state index contributed by atoms with van der Waals surface area (Å²) >= 11 is 0. The normalized spacial score (nSPS) is 9.12. The van der Waals surface area contributed by atoms with Crippen LogP contribution in [0.2, 0.25) is 0 Å². The van der Waals surface area contributed by atoms with Crippen LogP contribution in [0.1, 0.15) is 48.9 Å². The Kier molecular flexibility index (Phi) is 9.50. The highest BCUT2D eigenvalue weighted by Crippen LogP contribution is 2.13. The minimum Gasteiger partial charge on any atom is -0.295 e. The van der Waals surface area contributed by atoms with E-state index in [-0.39, 0.29) is 19.0 Å². The maximum absolute atomic E-state index is 10.9. The molecule has 2 aromatic carbocycles. The van der Waals surface area contributed by atoms with Crippen molar-refractivity contribution in [2.75, 3.05) is 10.5 Å². The first-order chi connectivity index (χ1) is 11.8. The Hall–Kier alpha value is -3.03. The van der Waals surface area contributed by atoms with E-state index in [1.807, 2.05) is 5.48 Å². The van der Waals surface area contributed by atoms with Gasteiger partial charge in [-0.05, 0) is 62.4 Å². The molecule has 0 radical (unpaired) electrons. The van der Waals surface area contributed by atoms with Gasteiger partial charge in [-0.1, -0.05) is 7.43 Å². The predicted molar refractivity (Wildman–Crippen MR) is 100.0 cm³/mol. The zero-order chi connectivity index (χ0) is 19.0. The lowest BCUT2D eigenvalue weighted by molar-refractivity contribution is -0.121. The highest BCUT2D eigenvalue weighted by Gasteiger charge is 2.07. The highest BCUT2D eigenvalue weighted by molar-refractivity contribution is 5.95. The van der Waals surface area contributed by atoms with E-state index in [0.717, 1.165) is 0 Å². The van der Waals surface area contributed by atoms with E-state index in [2.05, 4.69) is 0 Å². The third kappa shape index (κ3) is 6.84. The molecule has 0 unspecified atom stereocenters. The summed E-state index contributed by atoms with van der Waals surface area (Å²) in [6.45, 7) is 4.21. The van der Waals surface area contributed by atoms with Gasteiger partial charge in [0.25, 0.3) is 0 Å². The fourth-order valence-corrected chi connectivity index (χ4v) is 1.80. The maximum atomic E-state index is 10.9. The second kappa shape index (κ2) is 10.8. The Morgan fingerprint density at radius 3 is 1.50 bits per heavy atom. The Bertz CT molecular complexity index is 740. The molecule has 0 saturated carbocycles. The third-order valence-electron chi connectivity index (χ3n) is 3.24. The van der Waals surface area contributed by atoms with Crippen molar-refractivity contribution in [1.82, 2.24) is 0 Å². The summed E-state index contributed by atoms with van der Waals surface area (Å²) in [5.41, 5.74) is 4.10. The van der Waals surface area contributed by atoms with Gasteiger partial charge in [-0.15, -0.1) is 0 Å². The first-order valence-electron chi connectivity index (χ1n) is 7.38. The number of carbonyl (C=O) groups excluding carboxylic acids is 3. The smallest absolute Gasteiger partial charge is 0.247 e. The molecule has 2 aromatic rings. The summed E-state index contributed by atoms with van der Waals surface area (Å²) < 4.78 is 0. The lowest BCUT2D eigenvalue weighted by atomic mass is 10.1. The summed E-state index contributed by atoms with van der Waals surface area (Å²) in [6, 6.07) is 12.7. The second-order valence-electron chi connectivity index (χ2n) is 5.18. The number of rotatable bonds is 4. The number of nitrogens with one attached hydrogen (secondary N) is 1. The minimum atomic E-state index is -0.472. The molecule has 0 aliphatic heterocycles. The van der Waals surface area contributed by atoms with Crippen LogP contribution in [-0.2, 0) is 4.79 Å². The minimum absolute atomic E-state index is 0. The van der Waals surface area contributed by atoms with E-state index < -0.39 is 5.91 Å². The van der Waals surface area contributed by atoms with Crippen LogP contribution in [0.25, 0.3) is 0 Å². The van der Waals surface area contributed by atoms with Crippen molar-refractivity contribution in [2.45, 2.75) is 28.2 Å². The van der Waals surface area contributed by atoms with Crippen molar-refractivity contribution in [3.63, 3.8) is 0 Å². The fourth-order valence-electron chi connectivity index (χ4n) is 1.80. The van der Waals surface area contributed by atoms with Crippen LogP contribution in [-0.4, -0.2) is 27.9 Å². The zero-order valence-electron chi connectivity index (χ0n) is 14.2. The molecule has 3 N–H and O–H groups in total. The van der Waals surface area contributed by atoms with Crippen molar-refractivity contribution in [3.05, 3.63) is 59.7 Å². The first kappa shape index (κ1) is 23.0. The number of carbonyl (C=O) groups is 3. The maximum Gasteiger partial charge on any atom is 0.247 e. The van der Waals surface area contributed by atoms with Gasteiger partial charge in [0.2, 0.25) is 5.91 Å². The van der Waals surface area contributed by atoms with Crippen LogP contribution in [0.3, 0.4) is 0 Å².